The van der Waals surface area contributed by atoms with Gasteiger partial charge in [0.1, 0.15) is 0 Å². The first-order chi connectivity index (χ1) is 14.8. The summed E-state index contributed by atoms with van der Waals surface area (Å²) in [6.45, 7) is 15.7. The van der Waals surface area contributed by atoms with E-state index in [0.717, 1.165) is 47.3 Å². The number of hydrogen-bond donors (Lipinski definition) is 1. The Hall–Kier alpha value is -0.0400. The first kappa shape index (κ1) is 24.1. The van der Waals surface area contributed by atoms with Crippen LogP contribution in [-0.2, 0) is 0 Å². The molecule has 0 spiro atoms. The number of aliphatic hydroxyl groups excluding tert-OH is 1. The molecule has 4 rings (SSSR count). The van der Waals surface area contributed by atoms with Gasteiger partial charge in [-0.25, -0.2) is 0 Å². The maximum Gasteiger partial charge on any atom is 0.0462 e. The molecule has 10 atom stereocenters. The molecule has 0 bridgehead atoms. The normalized spacial score (nSPS) is 46.5. The number of rotatable bonds is 8. The van der Waals surface area contributed by atoms with Crippen molar-refractivity contribution in [2.45, 2.75) is 119 Å². The summed E-state index contributed by atoms with van der Waals surface area (Å²) in [5.74, 6) is 7.99. The van der Waals surface area contributed by atoms with Gasteiger partial charge in [-0.1, -0.05) is 60.8 Å². The van der Waals surface area contributed by atoms with E-state index in [4.69, 9.17) is 0 Å². The van der Waals surface area contributed by atoms with Gasteiger partial charge in [-0.15, -0.1) is 0 Å². The second kappa shape index (κ2) is 9.31. The smallest absolute Gasteiger partial charge is 0.0462 e. The van der Waals surface area contributed by atoms with Crippen molar-refractivity contribution < 1.29 is 5.11 Å². The van der Waals surface area contributed by atoms with Crippen LogP contribution >= 0.6 is 0 Å². The number of aliphatic hydroxyl groups is 1. The summed E-state index contributed by atoms with van der Waals surface area (Å²) in [6, 6.07) is 0. The van der Waals surface area contributed by atoms with Crippen molar-refractivity contribution >= 4 is 0 Å². The summed E-state index contributed by atoms with van der Waals surface area (Å²) in [4.78, 5) is 0. The zero-order valence-corrected chi connectivity index (χ0v) is 21.8. The van der Waals surface area contributed by atoms with Gasteiger partial charge in [-0.2, -0.15) is 0 Å². The fourth-order valence-electron chi connectivity index (χ4n) is 10.4. The number of fused-ring (bicyclic) bond motifs is 5. The molecule has 0 aromatic rings. The summed E-state index contributed by atoms with van der Waals surface area (Å²) >= 11 is 0. The van der Waals surface area contributed by atoms with Crippen LogP contribution in [0.15, 0.2) is 0 Å². The van der Waals surface area contributed by atoms with E-state index in [-0.39, 0.29) is 0 Å². The predicted octanol–water partition coefficient (Wildman–Crippen LogP) is 8.35. The Labute approximate surface area is 194 Å². The molecule has 4 fully saturated rings. The summed E-state index contributed by atoms with van der Waals surface area (Å²) in [5, 5.41) is 9.96. The van der Waals surface area contributed by atoms with Gasteiger partial charge in [0.2, 0.25) is 0 Å². The lowest BCUT2D eigenvalue weighted by atomic mass is 9.46. The Bertz CT molecular complexity index is 597. The van der Waals surface area contributed by atoms with Crippen LogP contribution in [-0.4, -0.2) is 11.7 Å². The largest absolute Gasteiger partial charge is 0.396 e. The Morgan fingerprint density at radius 3 is 2.13 bits per heavy atom. The van der Waals surface area contributed by atoms with Crippen LogP contribution in [0.5, 0.6) is 0 Å². The average Bonchev–Trinajstić information content (AvgIpc) is 3.27. The highest BCUT2D eigenvalue weighted by atomic mass is 16.3. The highest BCUT2D eigenvalue weighted by molar-refractivity contribution is 5.10. The van der Waals surface area contributed by atoms with Crippen LogP contribution in [0.3, 0.4) is 0 Å². The Kier molecular flexibility index (Phi) is 7.23. The number of hydrogen-bond acceptors (Lipinski definition) is 1. The third kappa shape index (κ3) is 4.06. The van der Waals surface area contributed by atoms with Gasteiger partial charge in [0.25, 0.3) is 0 Å². The lowest BCUT2D eigenvalue weighted by Gasteiger charge is -2.58. The van der Waals surface area contributed by atoms with Crippen molar-refractivity contribution in [3.05, 3.63) is 0 Å². The van der Waals surface area contributed by atoms with Gasteiger partial charge >= 0.3 is 0 Å². The maximum absolute atomic E-state index is 9.96. The summed E-state index contributed by atoms with van der Waals surface area (Å²) < 4.78 is 0. The molecule has 0 aromatic heterocycles. The standard InChI is InChI=1S/C30H54O/c1-7-8-22(20(2)3)10-9-21(4)25-13-14-27-24-11-12-26-23(19-31)15-17-30(26,6)28(24)16-18-29(25,27)5/h20-28,31H,7-19H2,1-6H3/t21-,22?,23-,24?,25?,26+,27?,28?,29-,30+/m1/s1. The molecule has 4 saturated carbocycles. The Morgan fingerprint density at radius 1 is 0.774 bits per heavy atom. The van der Waals surface area contributed by atoms with Crippen LogP contribution in [0.25, 0.3) is 0 Å². The summed E-state index contributed by atoms with van der Waals surface area (Å²) in [5.41, 5.74) is 1.14. The molecule has 5 unspecified atom stereocenters. The molecule has 0 amide bonds. The van der Waals surface area contributed by atoms with Crippen molar-refractivity contribution in [3.8, 4) is 0 Å². The molecule has 0 aliphatic heterocycles. The fourth-order valence-corrected chi connectivity index (χ4v) is 10.4. The zero-order chi connectivity index (χ0) is 22.4. The van der Waals surface area contributed by atoms with E-state index in [1.54, 1.807) is 0 Å². The van der Waals surface area contributed by atoms with Crippen LogP contribution in [0.1, 0.15) is 119 Å². The SMILES string of the molecule is CCCC(CC[C@@H](C)C1CCC2C3CC[C@H]4[C@@H](CO)CC[C@]4(C)C3CC[C@@]21C)C(C)C. The second-order valence-corrected chi connectivity index (χ2v) is 13.6. The van der Waals surface area contributed by atoms with Gasteiger partial charge in [0, 0.05) is 6.61 Å². The summed E-state index contributed by atoms with van der Waals surface area (Å²) in [6.07, 6.45) is 17.2. The van der Waals surface area contributed by atoms with Crippen molar-refractivity contribution in [2.24, 2.45) is 64.1 Å². The lowest BCUT2D eigenvalue weighted by molar-refractivity contribution is -0.0977. The van der Waals surface area contributed by atoms with Gasteiger partial charge in [0.15, 0.2) is 0 Å². The van der Waals surface area contributed by atoms with E-state index in [9.17, 15) is 5.11 Å². The molecule has 4 aliphatic rings. The zero-order valence-electron chi connectivity index (χ0n) is 21.8. The fraction of sp³-hybridized carbons (Fsp3) is 1.00. The van der Waals surface area contributed by atoms with E-state index in [1.807, 2.05) is 0 Å². The first-order valence-corrected chi connectivity index (χ1v) is 14.4. The third-order valence-electron chi connectivity index (χ3n) is 12.2. The van der Waals surface area contributed by atoms with Crippen LogP contribution in [0.2, 0.25) is 0 Å². The molecule has 0 radical (unpaired) electrons. The lowest BCUT2D eigenvalue weighted by Crippen LogP contribution is -2.51. The van der Waals surface area contributed by atoms with Gasteiger partial charge in [-0.05, 0) is 122 Å². The minimum absolute atomic E-state index is 0.438. The van der Waals surface area contributed by atoms with Gasteiger partial charge < -0.3 is 5.11 Å². The van der Waals surface area contributed by atoms with Crippen molar-refractivity contribution in [1.29, 1.82) is 0 Å². The Morgan fingerprint density at radius 2 is 1.45 bits per heavy atom. The molecule has 0 heterocycles. The van der Waals surface area contributed by atoms with Crippen LogP contribution in [0, 0.1) is 64.1 Å². The van der Waals surface area contributed by atoms with Gasteiger partial charge in [0.05, 0.1) is 0 Å². The monoisotopic (exact) mass is 430 g/mol. The minimum Gasteiger partial charge on any atom is -0.396 e. The molecular formula is C30H54O. The van der Waals surface area contributed by atoms with Crippen LogP contribution in [0.4, 0.5) is 0 Å². The first-order valence-electron chi connectivity index (χ1n) is 14.4. The molecular weight excluding hydrogens is 376 g/mol. The molecule has 31 heavy (non-hydrogen) atoms. The average molecular weight is 431 g/mol. The van der Waals surface area contributed by atoms with E-state index in [0.29, 0.717) is 23.4 Å². The summed E-state index contributed by atoms with van der Waals surface area (Å²) in [7, 11) is 0. The van der Waals surface area contributed by atoms with Crippen molar-refractivity contribution in [3.63, 3.8) is 0 Å². The predicted molar refractivity (Wildman–Crippen MR) is 133 cm³/mol. The molecule has 0 aromatic carbocycles. The topological polar surface area (TPSA) is 20.2 Å². The molecule has 1 heteroatoms. The highest BCUT2D eigenvalue weighted by Gasteiger charge is 2.61. The van der Waals surface area contributed by atoms with Crippen molar-refractivity contribution in [2.75, 3.05) is 6.61 Å². The molecule has 1 N–H and O–H groups in total. The molecule has 4 aliphatic carbocycles. The quantitative estimate of drug-likeness (QED) is 0.410. The highest BCUT2D eigenvalue weighted by Crippen LogP contribution is 2.69. The molecule has 180 valence electrons. The maximum atomic E-state index is 9.96. The Balaban J connectivity index is 1.43. The van der Waals surface area contributed by atoms with E-state index >= 15 is 0 Å². The van der Waals surface area contributed by atoms with Crippen molar-refractivity contribution in [1.82, 2.24) is 0 Å². The minimum atomic E-state index is 0.438. The van der Waals surface area contributed by atoms with E-state index in [1.165, 1.54) is 77.0 Å². The molecule has 1 nitrogen and oxygen atoms in total. The van der Waals surface area contributed by atoms with E-state index < -0.39 is 0 Å². The molecule has 0 saturated heterocycles. The van der Waals surface area contributed by atoms with E-state index in [2.05, 4.69) is 41.5 Å². The third-order valence-corrected chi connectivity index (χ3v) is 12.2. The van der Waals surface area contributed by atoms with Gasteiger partial charge in [-0.3, -0.25) is 0 Å². The second-order valence-electron chi connectivity index (χ2n) is 13.6. The van der Waals surface area contributed by atoms with Crippen LogP contribution < -0.4 is 0 Å².